The van der Waals surface area contributed by atoms with Gasteiger partial charge in [-0.15, -0.1) is 0 Å². The fourth-order valence-corrected chi connectivity index (χ4v) is 2.44. The van der Waals surface area contributed by atoms with E-state index in [4.69, 9.17) is 5.11 Å². The van der Waals surface area contributed by atoms with Crippen molar-refractivity contribution in [3.63, 3.8) is 0 Å². The second-order valence-electron chi connectivity index (χ2n) is 4.77. The lowest BCUT2D eigenvalue weighted by molar-refractivity contribution is -0.143. The normalized spacial score (nSPS) is 22.3. The quantitative estimate of drug-likeness (QED) is 0.828. The number of carbonyl (C=O) groups excluding carboxylic acids is 1. The van der Waals surface area contributed by atoms with Crippen LogP contribution in [0, 0.1) is 17.7 Å². The fourth-order valence-electron chi connectivity index (χ4n) is 2.44. The van der Waals surface area contributed by atoms with Gasteiger partial charge in [-0.2, -0.15) is 4.39 Å². The van der Waals surface area contributed by atoms with Gasteiger partial charge in [0.15, 0.2) is 5.82 Å². The monoisotopic (exact) mass is 284 g/mol. The number of rotatable bonds is 3. The van der Waals surface area contributed by atoms with Crippen LogP contribution in [0.2, 0.25) is 0 Å². The van der Waals surface area contributed by atoms with Gasteiger partial charge in [0.05, 0.1) is 11.5 Å². The number of carboxylic acids is 1. The molecule has 1 fully saturated rings. The largest absolute Gasteiger partial charge is 0.481 e. The summed E-state index contributed by atoms with van der Waals surface area (Å²) in [6.07, 6.45) is 3.54. The van der Waals surface area contributed by atoms with Crippen LogP contribution < -0.4 is 5.32 Å². The maximum Gasteiger partial charge on any atom is 0.308 e. The number of halogens is 2. The van der Waals surface area contributed by atoms with E-state index in [0.717, 1.165) is 25.1 Å². The Balaban J connectivity index is 2.14. The van der Waals surface area contributed by atoms with Crippen LogP contribution in [0.15, 0.2) is 12.3 Å². The number of hydrogen-bond donors (Lipinski definition) is 2. The van der Waals surface area contributed by atoms with E-state index in [-0.39, 0.29) is 0 Å². The number of hydrogen-bond acceptors (Lipinski definition) is 3. The van der Waals surface area contributed by atoms with E-state index in [2.05, 4.69) is 10.3 Å². The van der Waals surface area contributed by atoms with Crippen LogP contribution in [-0.2, 0) is 4.79 Å². The summed E-state index contributed by atoms with van der Waals surface area (Å²) < 4.78 is 26.4. The zero-order chi connectivity index (χ0) is 14.7. The van der Waals surface area contributed by atoms with Crippen molar-refractivity contribution < 1.29 is 23.5 Å². The summed E-state index contributed by atoms with van der Waals surface area (Å²) in [7, 11) is 0. The van der Waals surface area contributed by atoms with Gasteiger partial charge in [0.2, 0.25) is 5.95 Å². The molecule has 2 unspecified atom stereocenters. The fraction of sp³-hybridized carbons (Fsp3) is 0.462. The van der Waals surface area contributed by atoms with Crippen LogP contribution in [0.1, 0.15) is 36.0 Å². The minimum absolute atomic E-state index is 0.466. The van der Waals surface area contributed by atoms with Crippen molar-refractivity contribution >= 4 is 11.9 Å². The molecule has 0 aromatic carbocycles. The summed E-state index contributed by atoms with van der Waals surface area (Å²) in [6.45, 7) is 0. The van der Waals surface area contributed by atoms with Gasteiger partial charge in [-0.3, -0.25) is 9.59 Å². The first kappa shape index (κ1) is 14.4. The zero-order valence-electron chi connectivity index (χ0n) is 10.6. The van der Waals surface area contributed by atoms with E-state index < -0.39 is 41.2 Å². The number of nitrogens with one attached hydrogen (secondary N) is 1. The SMILES string of the molecule is O=C(NC1CCCCC1C(=O)O)c1ccnc(F)c1F. The van der Waals surface area contributed by atoms with Crippen LogP contribution >= 0.6 is 0 Å². The lowest BCUT2D eigenvalue weighted by Crippen LogP contribution is -2.45. The highest BCUT2D eigenvalue weighted by atomic mass is 19.2. The third-order valence-corrected chi connectivity index (χ3v) is 3.49. The van der Waals surface area contributed by atoms with Gasteiger partial charge in [0.25, 0.3) is 5.91 Å². The van der Waals surface area contributed by atoms with Crippen LogP contribution in [0.5, 0.6) is 0 Å². The molecule has 0 saturated heterocycles. The Morgan fingerprint density at radius 2 is 2.00 bits per heavy atom. The van der Waals surface area contributed by atoms with Gasteiger partial charge in [-0.05, 0) is 18.9 Å². The molecule has 108 valence electrons. The van der Waals surface area contributed by atoms with Crippen molar-refractivity contribution in [2.24, 2.45) is 5.92 Å². The molecule has 2 atom stereocenters. The van der Waals surface area contributed by atoms with E-state index in [0.29, 0.717) is 12.8 Å². The maximum absolute atomic E-state index is 13.4. The smallest absolute Gasteiger partial charge is 0.308 e. The summed E-state index contributed by atoms with van der Waals surface area (Å²) >= 11 is 0. The lowest BCUT2D eigenvalue weighted by Gasteiger charge is -2.29. The van der Waals surface area contributed by atoms with Crippen LogP contribution in [0.4, 0.5) is 8.78 Å². The molecule has 2 rings (SSSR count). The van der Waals surface area contributed by atoms with Crippen molar-refractivity contribution in [2.45, 2.75) is 31.7 Å². The molecule has 20 heavy (non-hydrogen) atoms. The van der Waals surface area contributed by atoms with Gasteiger partial charge in [0, 0.05) is 12.2 Å². The number of nitrogens with zero attached hydrogens (tertiary/aromatic N) is 1. The minimum atomic E-state index is -1.35. The van der Waals surface area contributed by atoms with Crippen LogP contribution in [0.25, 0.3) is 0 Å². The van der Waals surface area contributed by atoms with Gasteiger partial charge < -0.3 is 10.4 Å². The molecule has 0 spiro atoms. The highest BCUT2D eigenvalue weighted by Gasteiger charge is 2.32. The topological polar surface area (TPSA) is 79.3 Å². The van der Waals surface area contributed by atoms with Crippen molar-refractivity contribution in [1.82, 2.24) is 10.3 Å². The Labute approximate surface area is 114 Å². The molecule has 1 amide bonds. The standard InChI is InChI=1S/C13H14F2N2O3/c14-10-8(5-6-16-11(10)15)12(18)17-9-4-2-1-3-7(9)13(19)20/h5-7,9H,1-4H2,(H,17,18)(H,19,20). The van der Waals surface area contributed by atoms with Crippen LogP contribution in [0.3, 0.4) is 0 Å². The summed E-state index contributed by atoms with van der Waals surface area (Å²) in [6, 6.07) is 0.496. The number of carbonyl (C=O) groups is 2. The van der Waals surface area contributed by atoms with Gasteiger partial charge in [-0.25, -0.2) is 9.37 Å². The van der Waals surface area contributed by atoms with Gasteiger partial charge in [0.1, 0.15) is 0 Å². The van der Waals surface area contributed by atoms with E-state index in [9.17, 15) is 18.4 Å². The Morgan fingerprint density at radius 1 is 1.30 bits per heavy atom. The molecule has 1 aliphatic carbocycles. The second kappa shape index (κ2) is 5.94. The van der Waals surface area contributed by atoms with Gasteiger partial charge in [-0.1, -0.05) is 12.8 Å². The van der Waals surface area contributed by atoms with E-state index in [1.807, 2.05) is 0 Å². The molecular formula is C13H14F2N2O3. The Kier molecular flexibility index (Phi) is 4.26. The van der Waals surface area contributed by atoms with E-state index >= 15 is 0 Å². The van der Waals surface area contributed by atoms with Crippen molar-refractivity contribution in [2.75, 3.05) is 0 Å². The molecule has 1 saturated carbocycles. The highest BCUT2D eigenvalue weighted by molar-refractivity contribution is 5.94. The average molecular weight is 284 g/mol. The van der Waals surface area contributed by atoms with Gasteiger partial charge >= 0.3 is 5.97 Å². The minimum Gasteiger partial charge on any atom is -0.481 e. The third-order valence-electron chi connectivity index (χ3n) is 3.49. The summed E-state index contributed by atoms with van der Waals surface area (Å²) in [5.41, 5.74) is -0.466. The summed E-state index contributed by atoms with van der Waals surface area (Å²) in [5.74, 6) is -5.18. The molecule has 1 aliphatic rings. The van der Waals surface area contributed by atoms with Crippen molar-refractivity contribution in [3.05, 3.63) is 29.6 Å². The number of aromatic nitrogens is 1. The lowest BCUT2D eigenvalue weighted by atomic mass is 9.84. The number of pyridine rings is 1. The molecule has 0 bridgehead atoms. The third kappa shape index (κ3) is 2.92. The number of carboxylic acid groups (broad SMARTS) is 1. The molecule has 0 aliphatic heterocycles. The summed E-state index contributed by atoms with van der Waals surface area (Å²) in [5, 5.41) is 11.6. The first-order valence-corrected chi connectivity index (χ1v) is 6.34. The average Bonchev–Trinajstić information content (AvgIpc) is 2.42. The highest BCUT2D eigenvalue weighted by Crippen LogP contribution is 2.25. The summed E-state index contributed by atoms with van der Waals surface area (Å²) in [4.78, 5) is 26.1. The number of aliphatic carboxylic acids is 1. The molecule has 1 heterocycles. The zero-order valence-corrected chi connectivity index (χ0v) is 10.6. The molecule has 5 nitrogen and oxygen atoms in total. The molecule has 1 aromatic heterocycles. The molecule has 1 aromatic rings. The van der Waals surface area contributed by atoms with E-state index in [1.165, 1.54) is 0 Å². The predicted molar refractivity (Wildman–Crippen MR) is 65.0 cm³/mol. The van der Waals surface area contributed by atoms with Crippen molar-refractivity contribution in [3.8, 4) is 0 Å². The predicted octanol–water partition coefficient (Wildman–Crippen LogP) is 1.73. The van der Waals surface area contributed by atoms with E-state index in [1.54, 1.807) is 0 Å². The van der Waals surface area contributed by atoms with Crippen molar-refractivity contribution in [1.29, 1.82) is 0 Å². The maximum atomic E-state index is 13.4. The van der Waals surface area contributed by atoms with Crippen LogP contribution in [-0.4, -0.2) is 28.0 Å². The first-order valence-electron chi connectivity index (χ1n) is 6.34. The second-order valence-corrected chi connectivity index (χ2v) is 4.77. The first-order chi connectivity index (χ1) is 9.50. The number of amides is 1. The Hall–Kier alpha value is -2.05. The molecule has 7 heteroatoms. The molecular weight excluding hydrogens is 270 g/mol. The molecule has 2 N–H and O–H groups in total. The Morgan fingerprint density at radius 3 is 2.70 bits per heavy atom. The Bertz CT molecular complexity index is 536. The molecule has 0 radical (unpaired) electrons.